The number of carbonyl (C=O) groups excluding carboxylic acids is 1. The van der Waals surface area contributed by atoms with Crippen LogP contribution in [0.2, 0.25) is 0 Å². The Morgan fingerprint density at radius 1 is 1.38 bits per heavy atom. The van der Waals surface area contributed by atoms with E-state index in [0.29, 0.717) is 12.5 Å². The zero-order valence-electron chi connectivity index (χ0n) is 10.4. The number of amides is 1. The zero-order chi connectivity index (χ0) is 12.0. The minimum atomic E-state index is -0.601. The van der Waals surface area contributed by atoms with Crippen LogP contribution in [0, 0.1) is 0 Å². The first kappa shape index (κ1) is 13.5. The van der Waals surface area contributed by atoms with Crippen molar-refractivity contribution >= 4 is 5.91 Å². The lowest BCUT2D eigenvalue weighted by Gasteiger charge is -2.16. The molecule has 1 rings (SSSR count). The summed E-state index contributed by atoms with van der Waals surface area (Å²) >= 11 is 0. The molecule has 0 unspecified atom stereocenters. The molecule has 3 N–H and O–H groups in total. The summed E-state index contributed by atoms with van der Waals surface area (Å²) in [5.41, 5.74) is -0.601. The fourth-order valence-corrected chi connectivity index (χ4v) is 1.42. The highest BCUT2D eigenvalue weighted by Gasteiger charge is 2.22. The normalized spacial score (nSPS) is 16.2. The molecular formula is C12H24N2O2. The number of carbonyl (C=O) groups is 1. The van der Waals surface area contributed by atoms with Gasteiger partial charge in [-0.05, 0) is 52.6 Å². The van der Waals surface area contributed by atoms with Gasteiger partial charge in [0.25, 0.3) is 0 Å². The van der Waals surface area contributed by atoms with Gasteiger partial charge in [0.1, 0.15) is 0 Å². The van der Waals surface area contributed by atoms with Crippen molar-refractivity contribution in [1.29, 1.82) is 0 Å². The highest BCUT2D eigenvalue weighted by atomic mass is 16.3. The molecule has 1 saturated carbocycles. The molecule has 4 nitrogen and oxygen atoms in total. The molecule has 1 aliphatic rings. The summed E-state index contributed by atoms with van der Waals surface area (Å²) in [7, 11) is 0. The summed E-state index contributed by atoms with van der Waals surface area (Å²) in [6, 6.07) is 0.468. The Hall–Kier alpha value is -0.610. The molecule has 0 heterocycles. The topological polar surface area (TPSA) is 61.4 Å². The van der Waals surface area contributed by atoms with Crippen molar-refractivity contribution in [2.75, 3.05) is 13.1 Å². The van der Waals surface area contributed by atoms with Crippen LogP contribution in [0.1, 0.15) is 46.0 Å². The number of aliphatic hydroxyl groups is 1. The Labute approximate surface area is 97.8 Å². The van der Waals surface area contributed by atoms with Gasteiger partial charge >= 0.3 is 0 Å². The predicted octanol–water partition coefficient (Wildman–Crippen LogP) is 0.796. The fraction of sp³-hybridized carbons (Fsp3) is 0.917. The maximum atomic E-state index is 11.3. The predicted molar refractivity (Wildman–Crippen MR) is 64.2 cm³/mol. The molecule has 4 heteroatoms. The van der Waals surface area contributed by atoms with Gasteiger partial charge in [-0.15, -0.1) is 0 Å². The molecule has 0 aromatic rings. The maximum absolute atomic E-state index is 11.3. The van der Waals surface area contributed by atoms with Crippen LogP contribution in [0.5, 0.6) is 0 Å². The molecule has 94 valence electrons. The van der Waals surface area contributed by atoms with Crippen molar-refractivity contribution in [1.82, 2.24) is 10.6 Å². The smallest absolute Gasteiger partial charge is 0.220 e. The van der Waals surface area contributed by atoms with Crippen LogP contribution in [-0.2, 0) is 4.79 Å². The lowest BCUT2D eigenvalue weighted by atomic mass is 10.1. The monoisotopic (exact) mass is 228 g/mol. The van der Waals surface area contributed by atoms with Gasteiger partial charge in [0.15, 0.2) is 0 Å². The van der Waals surface area contributed by atoms with Gasteiger partial charge in [-0.3, -0.25) is 4.79 Å². The van der Waals surface area contributed by atoms with E-state index in [1.807, 2.05) is 0 Å². The van der Waals surface area contributed by atoms with Gasteiger partial charge in [0, 0.05) is 12.5 Å². The molecule has 0 spiro atoms. The first-order chi connectivity index (χ1) is 7.47. The average Bonchev–Trinajstić information content (AvgIpc) is 2.93. The Bertz CT molecular complexity index is 220. The Kier molecular flexibility index (Phi) is 5.22. The molecule has 0 aromatic carbocycles. The van der Waals surface area contributed by atoms with Gasteiger partial charge in [-0.1, -0.05) is 0 Å². The molecule has 0 radical (unpaired) electrons. The van der Waals surface area contributed by atoms with E-state index in [1.54, 1.807) is 13.8 Å². The van der Waals surface area contributed by atoms with Crippen molar-refractivity contribution < 1.29 is 9.90 Å². The minimum absolute atomic E-state index is 0.173. The minimum Gasteiger partial charge on any atom is -0.390 e. The number of hydrogen-bond acceptors (Lipinski definition) is 3. The van der Waals surface area contributed by atoms with Crippen molar-refractivity contribution in [3.8, 4) is 0 Å². The quantitative estimate of drug-likeness (QED) is 0.538. The molecule has 1 fully saturated rings. The van der Waals surface area contributed by atoms with Crippen LogP contribution < -0.4 is 10.6 Å². The highest BCUT2D eigenvalue weighted by Crippen LogP contribution is 2.18. The van der Waals surface area contributed by atoms with Gasteiger partial charge < -0.3 is 15.7 Å². The van der Waals surface area contributed by atoms with E-state index < -0.39 is 5.60 Å². The molecular weight excluding hydrogens is 204 g/mol. The number of nitrogens with one attached hydrogen (secondary N) is 2. The summed E-state index contributed by atoms with van der Waals surface area (Å²) in [5.74, 6) is 0.173. The van der Waals surface area contributed by atoms with E-state index >= 15 is 0 Å². The second-order valence-corrected chi connectivity index (χ2v) is 5.26. The lowest BCUT2D eigenvalue weighted by molar-refractivity contribution is -0.121. The lowest BCUT2D eigenvalue weighted by Crippen LogP contribution is -2.29. The van der Waals surface area contributed by atoms with Gasteiger partial charge in [0.2, 0.25) is 5.91 Å². The van der Waals surface area contributed by atoms with E-state index in [-0.39, 0.29) is 5.91 Å². The van der Waals surface area contributed by atoms with Crippen LogP contribution in [0.4, 0.5) is 0 Å². The SMILES string of the molecule is CC(C)(O)CCNCCCC(=O)NC1CC1. The molecule has 1 amide bonds. The molecule has 0 bridgehead atoms. The van der Waals surface area contributed by atoms with Crippen molar-refractivity contribution in [3.05, 3.63) is 0 Å². The number of hydrogen-bond donors (Lipinski definition) is 3. The highest BCUT2D eigenvalue weighted by molar-refractivity contribution is 5.76. The van der Waals surface area contributed by atoms with Crippen molar-refractivity contribution in [2.45, 2.75) is 57.6 Å². The summed E-state index contributed by atoms with van der Waals surface area (Å²) in [4.78, 5) is 11.3. The van der Waals surface area contributed by atoms with E-state index in [1.165, 1.54) is 0 Å². The van der Waals surface area contributed by atoms with Crippen LogP contribution in [-0.4, -0.2) is 35.7 Å². The second kappa shape index (κ2) is 6.21. The third kappa shape index (κ3) is 7.65. The van der Waals surface area contributed by atoms with E-state index in [0.717, 1.165) is 38.8 Å². The Morgan fingerprint density at radius 3 is 2.62 bits per heavy atom. The van der Waals surface area contributed by atoms with Crippen molar-refractivity contribution in [2.24, 2.45) is 0 Å². The summed E-state index contributed by atoms with van der Waals surface area (Å²) in [6.07, 6.45) is 4.50. The van der Waals surface area contributed by atoms with Gasteiger partial charge in [0.05, 0.1) is 5.60 Å². The molecule has 0 aliphatic heterocycles. The third-order valence-electron chi connectivity index (χ3n) is 2.61. The maximum Gasteiger partial charge on any atom is 0.220 e. The zero-order valence-corrected chi connectivity index (χ0v) is 10.4. The van der Waals surface area contributed by atoms with E-state index in [4.69, 9.17) is 0 Å². The van der Waals surface area contributed by atoms with E-state index in [9.17, 15) is 9.90 Å². The Balaban J connectivity index is 1.85. The van der Waals surface area contributed by atoms with Gasteiger partial charge in [-0.2, -0.15) is 0 Å². The standard InChI is InChI=1S/C12H24N2O2/c1-12(2,16)7-9-13-8-3-4-11(15)14-10-5-6-10/h10,13,16H,3-9H2,1-2H3,(H,14,15). The summed E-state index contributed by atoms with van der Waals surface area (Å²) in [5, 5.41) is 15.7. The molecule has 1 aliphatic carbocycles. The first-order valence-corrected chi connectivity index (χ1v) is 6.20. The summed E-state index contributed by atoms with van der Waals surface area (Å²) in [6.45, 7) is 5.25. The van der Waals surface area contributed by atoms with Gasteiger partial charge in [-0.25, -0.2) is 0 Å². The Morgan fingerprint density at radius 2 is 2.06 bits per heavy atom. The molecule has 0 saturated heterocycles. The van der Waals surface area contributed by atoms with Crippen LogP contribution >= 0.6 is 0 Å². The molecule has 16 heavy (non-hydrogen) atoms. The first-order valence-electron chi connectivity index (χ1n) is 6.20. The average molecular weight is 228 g/mol. The fourth-order valence-electron chi connectivity index (χ4n) is 1.42. The number of rotatable bonds is 8. The molecule has 0 atom stereocenters. The second-order valence-electron chi connectivity index (χ2n) is 5.26. The summed E-state index contributed by atoms with van der Waals surface area (Å²) < 4.78 is 0. The molecule has 0 aromatic heterocycles. The van der Waals surface area contributed by atoms with Crippen LogP contribution in [0.15, 0.2) is 0 Å². The largest absolute Gasteiger partial charge is 0.390 e. The van der Waals surface area contributed by atoms with Crippen molar-refractivity contribution in [3.63, 3.8) is 0 Å². The van der Waals surface area contributed by atoms with E-state index in [2.05, 4.69) is 10.6 Å². The third-order valence-corrected chi connectivity index (χ3v) is 2.61. The van der Waals surface area contributed by atoms with Crippen LogP contribution in [0.25, 0.3) is 0 Å². The van der Waals surface area contributed by atoms with Crippen LogP contribution in [0.3, 0.4) is 0 Å².